The lowest BCUT2D eigenvalue weighted by molar-refractivity contribution is -0.0111. The first-order chi connectivity index (χ1) is 14.5. The molecule has 0 unspecified atom stereocenters. The molecule has 1 N–H and O–H groups in total. The quantitative estimate of drug-likeness (QED) is 0.210. The second-order valence-electron chi connectivity index (χ2n) is 7.59. The Morgan fingerprint density at radius 2 is 1.10 bits per heavy atom. The van der Waals surface area contributed by atoms with E-state index in [1.165, 1.54) is 12.8 Å². The van der Waals surface area contributed by atoms with Crippen LogP contribution < -0.4 is 5.32 Å². The Balaban J connectivity index is 3.11. The second-order valence-corrected chi connectivity index (χ2v) is 7.97. The third-order valence-corrected chi connectivity index (χ3v) is 3.84. The molecule has 0 rings (SSSR count). The van der Waals surface area contributed by atoms with E-state index in [2.05, 4.69) is 5.32 Å². The largest absolute Gasteiger partial charge is 0.444 e. The predicted octanol–water partition coefficient (Wildman–Crippen LogP) is 3.39. The minimum absolute atomic E-state index is 0.400. The fraction of sp³-hybridized carbons (Fsp3) is 0.952. The highest BCUT2D eigenvalue weighted by molar-refractivity contribution is 6.17. The van der Waals surface area contributed by atoms with Gasteiger partial charge in [-0.05, 0) is 33.6 Å². The second kappa shape index (κ2) is 21.6. The van der Waals surface area contributed by atoms with Crippen LogP contribution in [0.3, 0.4) is 0 Å². The van der Waals surface area contributed by atoms with Gasteiger partial charge in [-0.25, -0.2) is 4.79 Å². The van der Waals surface area contributed by atoms with Gasteiger partial charge in [-0.15, -0.1) is 11.6 Å². The van der Waals surface area contributed by atoms with E-state index in [-0.39, 0.29) is 0 Å². The summed E-state index contributed by atoms with van der Waals surface area (Å²) >= 11 is 5.63. The molecular formula is C21H42ClNO7. The van der Waals surface area contributed by atoms with Gasteiger partial charge < -0.3 is 33.7 Å². The summed E-state index contributed by atoms with van der Waals surface area (Å²) in [7, 11) is 0. The summed E-state index contributed by atoms with van der Waals surface area (Å²) in [6.07, 6.45) is 4.06. The summed E-state index contributed by atoms with van der Waals surface area (Å²) in [4.78, 5) is 11.4. The summed E-state index contributed by atoms with van der Waals surface area (Å²) < 4.78 is 32.2. The van der Waals surface area contributed by atoms with Crippen LogP contribution in [0.1, 0.15) is 46.5 Å². The Morgan fingerprint density at radius 1 is 0.667 bits per heavy atom. The number of carbonyl (C=O) groups excluding carboxylic acids is 1. The van der Waals surface area contributed by atoms with Crippen molar-refractivity contribution in [2.75, 3.05) is 78.5 Å². The minimum Gasteiger partial charge on any atom is -0.444 e. The highest BCUT2D eigenvalue weighted by Crippen LogP contribution is 2.06. The van der Waals surface area contributed by atoms with Gasteiger partial charge in [0.2, 0.25) is 0 Å². The number of nitrogens with one attached hydrogen (secondary N) is 1. The van der Waals surface area contributed by atoms with E-state index < -0.39 is 11.7 Å². The molecule has 0 aromatic carbocycles. The zero-order valence-corrected chi connectivity index (χ0v) is 19.8. The van der Waals surface area contributed by atoms with E-state index in [9.17, 15) is 4.79 Å². The molecule has 0 aromatic rings. The SMILES string of the molecule is CC(C)(C)OC(=O)NCCOCCOCCOCCOCCOCCCCCCCl. The van der Waals surface area contributed by atoms with Gasteiger partial charge in [0, 0.05) is 19.0 Å². The molecule has 180 valence electrons. The molecular weight excluding hydrogens is 414 g/mol. The molecule has 9 heteroatoms. The summed E-state index contributed by atoms with van der Waals surface area (Å²) in [5.41, 5.74) is -0.495. The normalized spacial score (nSPS) is 11.6. The lowest BCUT2D eigenvalue weighted by Crippen LogP contribution is -2.34. The molecule has 0 aliphatic rings. The lowest BCUT2D eigenvalue weighted by Gasteiger charge is -2.19. The number of carbonyl (C=O) groups is 1. The van der Waals surface area contributed by atoms with Gasteiger partial charge in [-0.2, -0.15) is 0 Å². The minimum atomic E-state index is -0.495. The van der Waals surface area contributed by atoms with Crippen LogP contribution >= 0.6 is 11.6 Å². The maximum Gasteiger partial charge on any atom is 0.407 e. The van der Waals surface area contributed by atoms with Gasteiger partial charge >= 0.3 is 6.09 Å². The number of hydrogen-bond acceptors (Lipinski definition) is 7. The fourth-order valence-corrected chi connectivity index (χ4v) is 2.36. The first-order valence-electron chi connectivity index (χ1n) is 10.9. The van der Waals surface area contributed by atoms with Crippen molar-refractivity contribution in [3.63, 3.8) is 0 Å². The lowest BCUT2D eigenvalue weighted by atomic mass is 10.2. The Hall–Kier alpha value is -0.640. The van der Waals surface area contributed by atoms with Crippen LogP contribution in [0.15, 0.2) is 0 Å². The molecule has 0 heterocycles. The number of alkyl halides is 1. The van der Waals surface area contributed by atoms with Crippen molar-refractivity contribution in [2.45, 2.75) is 52.1 Å². The Bertz CT molecular complexity index is 381. The zero-order chi connectivity index (χ0) is 22.3. The van der Waals surface area contributed by atoms with Crippen LogP contribution in [-0.2, 0) is 28.4 Å². The van der Waals surface area contributed by atoms with Crippen molar-refractivity contribution in [2.24, 2.45) is 0 Å². The number of halogens is 1. The number of unbranched alkanes of at least 4 members (excludes halogenated alkanes) is 3. The van der Waals surface area contributed by atoms with E-state index in [0.717, 1.165) is 25.3 Å². The Morgan fingerprint density at radius 3 is 1.57 bits per heavy atom. The number of rotatable bonds is 21. The zero-order valence-electron chi connectivity index (χ0n) is 19.0. The number of hydrogen-bond donors (Lipinski definition) is 1. The first-order valence-corrected chi connectivity index (χ1v) is 11.4. The summed E-state index contributed by atoms with van der Waals surface area (Å²) in [5, 5.41) is 2.63. The van der Waals surface area contributed by atoms with Gasteiger partial charge in [0.25, 0.3) is 0 Å². The average molecular weight is 456 g/mol. The van der Waals surface area contributed by atoms with Gasteiger partial charge in [-0.3, -0.25) is 0 Å². The van der Waals surface area contributed by atoms with E-state index in [1.54, 1.807) is 0 Å². The summed E-state index contributed by atoms with van der Waals surface area (Å²) in [6, 6.07) is 0. The molecule has 0 saturated heterocycles. The van der Waals surface area contributed by atoms with Crippen LogP contribution in [0, 0.1) is 0 Å². The van der Waals surface area contributed by atoms with Crippen molar-refractivity contribution < 1.29 is 33.2 Å². The molecule has 0 aliphatic heterocycles. The Kier molecular flexibility index (Phi) is 21.1. The molecule has 30 heavy (non-hydrogen) atoms. The molecule has 0 radical (unpaired) electrons. The van der Waals surface area contributed by atoms with E-state index in [1.807, 2.05) is 20.8 Å². The molecule has 0 atom stereocenters. The molecule has 1 amide bonds. The number of alkyl carbamates (subject to hydrolysis) is 1. The third-order valence-electron chi connectivity index (χ3n) is 3.57. The molecule has 0 aromatic heterocycles. The number of amides is 1. The summed E-state index contributed by atoms with van der Waals surface area (Å²) in [6.45, 7) is 11.3. The molecule has 8 nitrogen and oxygen atoms in total. The van der Waals surface area contributed by atoms with Crippen molar-refractivity contribution in [1.82, 2.24) is 5.32 Å². The van der Waals surface area contributed by atoms with Gasteiger partial charge in [0.05, 0.1) is 59.5 Å². The standard InChI is InChI=1S/C21H42ClNO7/c1-21(2,3)30-20(24)23-9-11-26-13-15-28-17-19-29-18-16-27-14-12-25-10-7-5-4-6-8-22/h4-19H2,1-3H3,(H,23,24). The molecule has 0 fully saturated rings. The molecule has 0 bridgehead atoms. The maximum atomic E-state index is 11.4. The van der Waals surface area contributed by atoms with E-state index in [4.69, 9.17) is 40.0 Å². The van der Waals surface area contributed by atoms with Crippen molar-refractivity contribution in [1.29, 1.82) is 0 Å². The first kappa shape index (κ1) is 29.4. The monoisotopic (exact) mass is 455 g/mol. The average Bonchev–Trinajstić information content (AvgIpc) is 2.68. The molecule has 0 aliphatic carbocycles. The van der Waals surface area contributed by atoms with Gasteiger partial charge in [0.15, 0.2) is 0 Å². The number of ether oxygens (including phenoxy) is 6. The fourth-order valence-electron chi connectivity index (χ4n) is 2.17. The molecule has 0 spiro atoms. The van der Waals surface area contributed by atoms with Crippen LogP contribution in [-0.4, -0.2) is 90.2 Å². The van der Waals surface area contributed by atoms with E-state index >= 15 is 0 Å². The van der Waals surface area contributed by atoms with Gasteiger partial charge in [0.1, 0.15) is 5.60 Å². The highest BCUT2D eigenvalue weighted by atomic mass is 35.5. The third kappa shape index (κ3) is 25.4. The van der Waals surface area contributed by atoms with Crippen LogP contribution in [0.5, 0.6) is 0 Å². The van der Waals surface area contributed by atoms with Crippen molar-refractivity contribution in [3.8, 4) is 0 Å². The topological polar surface area (TPSA) is 84.5 Å². The van der Waals surface area contributed by atoms with E-state index in [0.29, 0.717) is 66.0 Å². The van der Waals surface area contributed by atoms with Gasteiger partial charge in [-0.1, -0.05) is 12.8 Å². The molecule has 0 saturated carbocycles. The predicted molar refractivity (Wildman–Crippen MR) is 118 cm³/mol. The summed E-state index contributed by atoms with van der Waals surface area (Å²) in [5.74, 6) is 0.744. The van der Waals surface area contributed by atoms with Crippen molar-refractivity contribution >= 4 is 17.7 Å². The van der Waals surface area contributed by atoms with Crippen LogP contribution in [0.25, 0.3) is 0 Å². The highest BCUT2D eigenvalue weighted by Gasteiger charge is 2.15. The van der Waals surface area contributed by atoms with Crippen LogP contribution in [0.4, 0.5) is 4.79 Å². The smallest absolute Gasteiger partial charge is 0.407 e. The maximum absolute atomic E-state index is 11.4. The Labute approximate surface area is 187 Å². The van der Waals surface area contributed by atoms with Crippen molar-refractivity contribution in [3.05, 3.63) is 0 Å². The van der Waals surface area contributed by atoms with Crippen LogP contribution in [0.2, 0.25) is 0 Å².